The summed E-state index contributed by atoms with van der Waals surface area (Å²) in [4.78, 5) is 24.8. The number of carbonyl (C=O) groups is 2. The minimum absolute atomic E-state index is 0.148. The maximum Gasteiger partial charge on any atom is 0.459 e. The molecule has 0 aromatic heterocycles. The lowest BCUT2D eigenvalue weighted by Gasteiger charge is -2.34. The highest BCUT2D eigenvalue weighted by Crippen LogP contribution is 2.65. The van der Waals surface area contributed by atoms with E-state index in [0.29, 0.717) is 0 Å². The maximum atomic E-state index is 16.0. The predicted octanol–water partition coefficient (Wildman–Crippen LogP) is 2.47. The van der Waals surface area contributed by atoms with Gasteiger partial charge in [0.15, 0.2) is 11.7 Å². The molecule has 2 fully saturated rings. The quantitative estimate of drug-likeness (QED) is 0.0876. The minimum atomic E-state index is -4.36. The van der Waals surface area contributed by atoms with Crippen molar-refractivity contribution in [3.8, 4) is 5.75 Å². The number of aliphatic hydroxyl groups excluding tert-OH is 1. The van der Waals surface area contributed by atoms with Gasteiger partial charge in [0.1, 0.15) is 23.8 Å². The number of amides is 2. The van der Waals surface area contributed by atoms with Gasteiger partial charge in [0.05, 0.1) is 12.7 Å². The van der Waals surface area contributed by atoms with Gasteiger partial charge in [0.25, 0.3) is 0 Å². The number of fused-ring (bicyclic) bond motifs is 3. The van der Waals surface area contributed by atoms with E-state index in [0.717, 1.165) is 12.3 Å². The van der Waals surface area contributed by atoms with E-state index < -0.39 is 66.7 Å². The van der Waals surface area contributed by atoms with Gasteiger partial charge in [-0.2, -0.15) is 9.48 Å². The Morgan fingerprint density at radius 2 is 2.08 bits per heavy atom. The van der Waals surface area contributed by atoms with Crippen LogP contribution in [0.25, 0.3) is 0 Å². The van der Waals surface area contributed by atoms with Crippen LogP contribution in [0.3, 0.4) is 0 Å². The van der Waals surface area contributed by atoms with Crippen LogP contribution in [0.5, 0.6) is 5.75 Å². The van der Waals surface area contributed by atoms with Crippen LogP contribution >= 0.6 is 7.75 Å². The molecule has 2 saturated heterocycles. The van der Waals surface area contributed by atoms with Gasteiger partial charge < -0.3 is 19.1 Å². The molecule has 2 amide bonds. The van der Waals surface area contributed by atoms with Crippen LogP contribution in [0.15, 0.2) is 55.3 Å². The Bertz CT molecular complexity index is 1200. The molecule has 1 aromatic carbocycles. The highest BCUT2D eigenvalue weighted by atomic mass is 31.2. The number of esters is 1. The monoisotopic (exact) mass is 539 g/mol. The Hall–Kier alpha value is -2.93. The normalized spacial score (nSPS) is 34.4. The summed E-state index contributed by atoms with van der Waals surface area (Å²) < 4.78 is 50.8. The van der Waals surface area contributed by atoms with Crippen LogP contribution in [0, 0.1) is 5.41 Å². The fourth-order valence-corrected chi connectivity index (χ4v) is 5.86. The molecule has 1 aromatic rings. The molecule has 7 atom stereocenters. The lowest BCUT2D eigenvalue weighted by Crippen LogP contribution is -2.59. The minimum Gasteiger partial charge on any atom is -0.462 e. The van der Waals surface area contributed by atoms with Crippen LogP contribution in [0.2, 0.25) is 0 Å². The molecule has 3 aliphatic heterocycles. The molecule has 3 aliphatic rings. The van der Waals surface area contributed by atoms with Gasteiger partial charge in [0, 0.05) is 6.08 Å². The van der Waals surface area contributed by atoms with Crippen molar-refractivity contribution in [3.63, 3.8) is 0 Å². The first-order valence-electron chi connectivity index (χ1n) is 11.5. The molecule has 3 unspecified atom stereocenters. The van der Waals surface area contributed by atoms with E-state index in [4.69, 9.17) is 23.9 Å². The largest absolute Gasteiger partial charge is 0.462 e. The molecule has 14 heteroatoms. The fourth-order valence-electron chi connectivity index (χ4n) is 4.33. The van der Waals surface area contributed by atoms with E-state index in [2.05, 4.69) is 17.0 Å². The first-order chi connectivity index (χ1) is 17.3. The van der Waals surface area contributed by atoms with Crippen molar-refractivity contribution in [3.05, 3.63) is 55.3 Å². The third-order valence-corrected chi connectivity index (χ3v) is 7.90. The molecule has 3 heterocycles. The topological polar surface area (TPSA) is 156 Å². The average molecular weight is 539 g/mol. The highest BCUT2D eigenvalue weighted by Gasteiger charge is 2.97. The number of rotatable bonds is 10. The molecule has 4 rings (SSSR count). The smallest absolute Gasteiger partial charge is 0.459 e. The zero-order valence-corrected chi connectivity index (χ0v) is 21.3. The summed E-state index contributed by atoms with van der Waals surface area (Å²) in [5.41, 5.74) is -1.92. The number of para-hydroxylation sites is 1. The van der Waals surface area contributed by atoms with Crippen molar-refractivity contribution in [2.24, 2.45) is 0 Å². The lowest BCUT2D eigenvalue weighted by atomic mass is 9.95. The number of hydrogen-bond acceptors (Lipinski definition) is 9. The molecule has 1 spiro atoms. The number of benzene rings is 1. The number of quaternary nitrogens is 1. The zero-order valence-electron chi connectivity index (χ0n) is 20.4. The zero-order chi connectivity index (χ0) is 27.2. The third kappa shape index (κ3) is 4.41. The molecule has 0 bridgehead atoms. The third-order valence-electron chi connectivity index (χ3n) is 6.28. The van der Waals surface area contributed by atoms with Gasteiger partial charge in [0.2, 0.25) is 0 Å². The van der Waals surface area contributed by atoms with E-state index in [-0.39, 0.29) is 11.6 Å². The van der Waals surface area contributed by atoms with Gasteiger partial charge in [-0.3, -0.25) is 20.0 Å². The van der Waals surface area contributed by atoms with Crippen LogP contribution in [0.1, 0.15) is 20.8 Å². The van der Waals surface area contributed by atoms with Gasteiger partial charge >= 0.3 is 31.8 Å². The Morgan fingerprint density at radius 3 is 2.62 bits per heavy atom. The number of ether oxygens (including phenoxy) is 2. The summed E-state index contributed by atoms with van der Waals surface area (Å²) in [6.07, 6.45) is -0.443. The Morgan fingerprint density at radius 1 is 1.41 bits per heavy atom. The molecule has 0 aliphatic carbocycles. The second-order valence-corrected chi connectivity index (χ2v) is 10.9. The lowest BCUT2D eigenvalue weighted by molar-refractivity contribution is -0.747. The molecule has 37 heavy (non-hydrogen) atoms. The van der Waals surface area contributed by atoms with Gasteiger partial charge in [-0.15, -0.1) is 11.1 Å². The summed E-state index contributed by atoms with van der Waals surface area (Å²) in [6.45, 7) is 7.61. The number of carbonyl (C=O) groups excluding carboxylic acids is 2. The van der Waals surface area contributed by atoms with Crippen LogP contribution in [0.4, 0.5) is 9.18 Å². The SMILES string of the molecule is C=C[C@]1(COP(=O)(NC(C)C(=O)OC(C)C)Oc2ccccc2)O[C@@H]2[C@@](F)([C@@H]1O)[N+]21C=CC(=N)NC1=O. The van der Waals surface area contributed by atoms with Crippen molar-refractivity contribution >= 4 is 25.6 Å². The van der Waals surface area contributed by atoms with Crippen molar-refractivity contribution in [1.29, 1.82) is 5.41 Å². The van der Waals surface area contributed by atoms with Crippen molar-refractivity contribution in [2.75, 3.05) is 6.61 Å². The second kappa shape index (κ2) is 9.43. The number of aliphatic hydroxyl groups is 1. The van der Waals surface area contributed by atoms with Crippen LogP contribution in [-0.2, 0) is 23.4 Å². The van der Waals surface area contributed by atoms with E-state index >= 15 is 4.39 Å². The summed E-state index contributed by atoms with van der Waals surface area (Å²) in [5, 5.41) is 23.2. The molecule has 4 N–H and O–H groups in total. The number of amidine groups is 1. The van der Waals surface area contributed by atoms with E-state index in [1.165, 1.54) is 25.1 Å². The predicted molar refractivity (Wildman–Crippen MR) is 128 cm³/mol. The van der Waals surface area contributed by atoms with Crippen LogP contribution in [-0.4, -0.2) is 69.9 Å². The summed E-state index contributed by atoms with van der Waals surface area (Å²) in [5.74, 6) is -3.40. The second-order valence-electron chi connectivity index (χ2n) is 9.21. The molecule has 12 nitrogen and oxygen atoms in total. The molecular formula is C23H29FN4O8P+. The van der Waals surface area contributed by atoms with Gasteiger partial charge in [-0.1, -0.05) is 24.3 Å². The summed E-state index contributed by atoms with van der Waals surface area (Å²) >= 11 is 0. The van der Waals surface area contributed by atoms with E-state index in [1.54, 1.807) is 32.0 Å². The number of hydrogen-bond donors (Lipinski definition) is 4. The average Bonchev–Trinajstić information content (AvgIpc) is 3.26. The molecule has 0 radical (unpaired) electrons. The highest BCUT2D eigenvalue weighted by molar-refractivity contribution is 7.52. The van der Waals surface area contributed by atoms with E-state index in [1.807, 2.05) is 0 Å². The van der Waals surface area contributed by atoms with Crippen molar-refractivity contribution in [1.82, 2.24) is 10.4 Å². The maximum absolute atomic E-state index is 16.0. The fraction of sp³-hybridized carbons (Fsp3) is 0.435. The standard InChI is InChI=1S/C23H28FN4O8P/c1-5-22(19(30)23(24)20(35-22)28(23)12-11-17(25)26-21(28)31)13-33-37(32,36-16-9-7-6-8-10-16)27-15(4)18(29)34-14(2)3/h5-12,14-15,19-20,30H,1,13H2,2-4H3,(H2-,25,26,27,31,32)/p+1/t15?,19-,20-,22-,23-,28?,37?/m1/s1. The first kappa shape index (κ1) is 27.1. The number of alkyl halides is 1. The van der Waals surface area contributed by atoms with Crippen molar-refractivity contribution in [2.45, 2.75) is 56.6 Å². The Kier molecular flexibility index (Phi) is 6.91. The molecule has 0 saturated carbocycles. The number of urea groups is 1. The van der Waals surface area contributed by atoms with Crippen LogP contribution < -0.4 is 14.9 Å². The van der Waals surface area contributed by atoms with Gasteiger partial charge in [-0.05, 0) is 32.9 Å². The first-order valence-corrected chi connectivity index (χ1v) is 13.0. The number of halogens is 1. The Balaban J connectivity index is 1.55. The van der Waals surface area contributed by atoms with Crippen molar-refractivity contribution < 1.29 is 46.7 Å². The number of nitrogens with one attached hydrogen (secondary N) is 3. The Labute approximate surface area is 212 Å². The van der Waals surface area contributed by atoms with Gasteiger partial charge in [-0.25, -0.2) is 9.36 Å². The molecular weight excluding hydrogens is 510 g/mol. The molecule has 200 valence electrons. The summed E-state index contributed by atoms with van der Waals surface area (Å²) in [7, 11) is -4.36. The van der Waals surface area contributed by atoms with E-state index in [9.17, 15) is 19.3 Å². The summed E-state index contributed by atoms with van der Waals surface area (Å²) in [6, 6.07) is 5.99. The number of nitrogens with zero attached hydrogens (tertiary/aromatic N) is 1.